The maximum atomic E-state index is 12.5. The van der Waals surface area contributed by atoms with Gasteiger partial charge in [0.2, 0.25) is 5.91 Å². The van der Waals surface area contributed by atoms with Crippen molar-refractivity contribution in [1.82, 2.24) is 5.32 Å². The van der Waals surface area contributed by atoms with E-state index in [1.807, 2.05) is 73.7 Å². The van der Waals surface area contributed by atoms with Crippen molar-refractivity contribution in [2.45, 2.75) is 19.4 Å². The molecule has 4 rings (SSSR count). The first-order chi connectivity index (χ1) is 14.1. The molecule has 0 radical (unpaired) electrons. The predicted octanol–water partition coefficient (Wildman–Crippen LogP) is 4.17. The second-order valence-electron chi connectivity index (χ2n) is 6.96. The highest BCUT2D eigenvalue weighted by Crippen LogP contribution is 2.25. The van der Waals surface area contributed by atoms with Gasteiger partial charge >= 0.3 is 6.03 Å². The number of ether oxygens (including phenoxy) is 1. The lowest BCUT2D eigenvalue weighted by molar-refractivity contribution is -0.117. The molecule has 29 heavy (non-hydrogen) atoms. The molecule has 0 aliphatic carbocycles. The fourth-order valence-corrected chi connectivity index (χ4v) is 3.62. The van der Waals surface area contributed by atoms with Crippen LogP contribution >= 0.6 is 0 Å². The molecule has 1 fully saturated rings. The molecule has 0 saturated carbocycles. The lowest BCUT2D eigenvalue weighted by Crippen LogP contribution is -2.39. The van der Waals surface area contributed by atoms with E-state index in [1.165, 1.54) is 0 Å². The summed E-state index contributed by atoms with van der Waals surface area (Å²) in [5.74, 6) is 0.761. The van der Waals surface area contributed by atoms with Crippen LogP contribution in [-0.2, 0) is 4.79 Å². The van der Waals surface area contributed by atoms with Gasteiger partial charge in [0.25, 0.3) is 0 Å². The Morgan fingerprint density at radius 2 is 1.83 bits per heavy atom. The summed E-state index contributed by atoms with van der Waals surface area (Å²) in [6.45, 7) is 2.97. The Labute approximate surface area is 169 Å². The van der Waals surface area contributed by atoms with Crippen LogP contribution < -0.4 is 20.3 Å². The van der Waals surface area contributed by atoms with Crippen molar-refractivity contribution in [3.8, 4) is 5.75 Å². The quantitative estimate of drug-likeness (QED) is 0.688. The molecular weight excluding hydrogens is 366 g/mol. The van der Waals surface area contributed by atoms with Gasteiger partial charge in [-0.3, -0.25) is 4.79 Å². The van der Waals surface area contributed by atoms with Gasteiger partial charge < -0.3 is 20.3 Å². The third kappa shape index (κ3) is 4.16. The SMILES string of the molecule is CCOc1ccc(N2CC(NC(=O)Nc3cccc4ccccc34)CC2=O)cc1. The van der Waals surface area contributed by atoms with Gasteiger partial charge in [0.15, 0.2) is 0 Å². The molecule has 1 unspecified atom stereocenters. The number of anilines is 2. The van der Waals surface area contributed by atoms with Crippen LogP contribution in [0.5, 0.6) is 5.75 Å². The molecule has 1 heterocycles. The van der Waals surface area contributed by atoms with E-state index in [9.17, 15) is 9.59 Å². The fourth-order valence-electron chi connectivity index (χ4n) is 3.62. The monoisotopic (exact) mass is 389 g/mol. The molecule has 148 valence electrons. The minimum absolute atomic E-state index is 0.00961. The second-order valence-corrected chi connectivity index (χ2v) is 6.96. The first-order valence-corrected chi connectivity index (χ1v) is 9.72. The average molecular weight is 389 g/mol. The molecule has 3 aromatic rings. The van der Waals surface area contributed by atoms with Gasteiger partial charge in [0.05, 0.1) is 18.3 Å². The number of nitrogens with one attached hydrogen (secondary N) is 2. The van der Waals surface area contributed by atoms with E-state index in [0.717, 1.165) is 27.9 Å². The van der Waals surface area contributed by atoms with Crippen LogP contribution in [0, 0.1) is 0 Å². The zero-order chi connectivity index (χ0) is 20.2. The van der Waals surface area contributed by atoms with Gasteiger partial charge in [-0.15, -0.1) is 0 Å². The lowest BCUT2D eigenvalue weighted by Gasteiger charge is -2.18. The Balaban J connectivity index is 1.40. The predicted molar refractivity (Wildman–Crippen MR) is 114 cm³/mol. The van der Waals surface area contributed by atoms with Crippen molar-refractivity contribution in [2.24, 2.45) is 0 Å². The molecule has 6 heteroatoms. The fraction of sp³-hybridized carbons (Fsp3) is 0.217. The minimum Gasteiger partial charge on any atom is -0.494 e. The topological polar surface area (TPSA) is 70.7 Å². The smallest absolute Gasteiger partial charge is 0.319 e. The second kappa shape index (κ2) is 8.22. The Bertz CT molecular complexity index is 1030. The highest BCUT2D eigenvalue weighted by molar-refractivity contribution is 6.02. The van der Waals surface area contributed by atoms with Gasteiger partial charge in [-0.1, -0.05) is 36.4 Å². The van der Waals surface area contributed by atoms with E-state index in [1.54, 1.807) is 4.90 Å². The van der Waals surface area contributed by atoms with Crippen molar-refractivity contribution in [1.29, 1.82) is 0 Å². The number of hydrogen-bond acceptors (Lipinski definition) is 3. The summed E-state index contributed by atoms with van der Waals surface area (Å²) in [7, 11) is 0. The highest BCUT2D eigenvalue weighted by atomic mass is 16.5. The standard InChI is InChI=1S/C23H23N3O3/c1-2-29-19-12-10-18(11-13-19)26-15-17(14-22(26)27)24-23(28)25-21-9-5-7-16-6-3-4-8-20(16)21/h3-13,17H,2,14-15H2,1H3,(H2,24,25,28). The van der Waals surface area contributed by atoms with Gasteiger partial charge in [-0.25, -0.2) is 4.79 Å². The minimum atomic E-state index is -0.312. The van der Waals surface area contributed by atoms with Crippen LogP contribution in [0.2, 0.25) is 0 Å². The number of benzene rings is 3. The molecule has 1 aliphatic rings. The number of carbonyl (C=O) groups is 2. The molecule has 1 aliphatic heterocycles. The van der Waals surface area contributed by atoms with Gasteiger partial charge in [0, 0.05) is 24.0 Å². The molecule has 1 atom stereocenters. The van der Waals surface area contributed by atoms with Crippen molar-refractivity contribution >= 4 is 34.1 Å². The third-order valence-electron chi connectivity index (χ3n) is 4.96. The van der Waals surface area contributed by atoms with E-state index < -0.39 is 0 Å². The van der Waals surface area contributed by atoms with Crippen molar-refractivity contribution in [3.63, 3.8) is 0 Å². The molecule has 6 nitrogen and oxygen atoms in total. The van der Waals surface area contributed by atoms with E-state index >= 15 is 0 Å². The van der Waals surface area contributed by atoms with Gasteiger partial charge in [0.1, 0.15) is 5.75 Å². The summed E-state index contributed by atoms with van der Waals surface area (Å²) in [5.41, 5.74) is 1.55. The van der Waals surface area contributed by atoms with Crippen molar-refractivity contribution < 1.29 is 14.3 Å². The molecule has 3 aromatic carbocycles. The normalized spacial score (nSPS) is 16.1. The molecule has 2 N–H and O–H groups in total. The van der Waals surface area contributed by atoms with E-state index in [-0.39, 0.29) is 24.4 Å². The van der Waals surface area contributed by atoms with Crippen LogP contribution in [-0.4, -0.2) is 31.1 Å². The first-order valence-electron chi connectivity index (χ1n) is 9.72. The number of amides is 3. The molecule has 0 bridgehead atoms. The number of urea groups is 1. The van der Waals surface area contributed by atoms with Crippen LogP contribution in [0.1, 0.15) is 13.3 Å². The summed E-state index contributed by atoms with van der Waals surface area (Å²) < 4.78 is 5.44. The van der Waals surface area contributed by atoms with E-state index in [0.29, 0.717) is 13.2 Å². The largest absolute Gasteiger partial charge is 0.494 e. The van der Waals surface area contributed by atoms with Crippen LogP contribution in [0.3, 0.4) is 0 Å². The third-order valence-corrected chi connectivity index (χ3v) is 4.96. The van der Waals surface area contributed by atoms with Gasteiger partial charge in [-0.05, 0) is 42.6 Å². The van der Waals surface area contributed by atoms with Crippen molar-refractivity contribution in [3.05, 3.63) is 66.7 Å². The molecule has 1 saturated heterocycles. The highest BCUT2D eigenvalue weighted by Gasteiger charge is 2.31. The lowest BCUT2D eigenvalue weighted by atomic mass is 10.1. The van der Waals surface area contributed by atoms with E-state index in [2.05, 4.69) is 10.6 Å². The Morgan fingerprint density at radius 3 is 2.62 bits per heavy atom. The first kappa shape index (κ1) is 18.8. The molecule has 0 aromatic heterocycles. The summed E-state index contributed by atoms with van der Waals surface area (Å²) >= 11 is 0. The number of hydrogen-bond donors (Lipinski definition) is 2. The van der Waals surface area contributed by atoms with Crippen LogP contribution in [0.4, 0.5) is 16.2 Å². The zero-order valence-corrected chi connectivity index (χ0v) is 16.2. The number of rotatable bonds is 5. The number of carbonyl (C=O) groups excluding carboxylic acids is 2. The van der Waals surface area contributed by atoms with Crippen molar-refractivity contribution in [2.75, 3.05) is 23.4 Å². The zero-order valence-electron chi connectivity index (χ0n) is 16.2. The number of fused-ring (bicyclic) bond motifs is 1. The van der Waals surface area contributed by atoms with Crippen LogP contribution in [0.25, 0.3) is 10.8 Å². The maximum Gasteiger partial charge on any atom is 0.319 e. The van der Waals surface area contributed by atoms with E-state index in [4.69, 9.17) is 4.74 Å². The molecular formula is C23H23N3O3. The Kier molecular flexibility index (Phi) is 5.33. The van der Waals surface area contributed by atoms with Gasteiger partial charge in [-0.2, -0.15) is 0 Å². The summed E-state index contributed by atoms with van der Waals surface area (Å²) in [5, 5.41) is 7.86. The summed E-state index contributed by atoms with van der Waals surface area (Å²) in [6.07, 6.45) is 0.274. The molecule has 0 spiro atoms. The summed E-state index contributed by atoms with van der Waals surface area (Å²) in [4.78, 5) is 26.6. The number of nitrogens with zero attached hydrogens (tertiary/aromatic N) is 1. The molecule has 3 amide bonds. The Hall–Kier alpha value is -3.54. The summed E-state index contributed by atoms with van der Waals surface area (Å²) in [6, 6.07) is 20.5. The average Bonchev–Trinajstić information content (AvgIpc) is 3.09. The maximum absolute atomic E-state index is 12.5. The van der Waals surface area contributed by atoms with Crippen LogP contribution in [0.15, 0.2) is 66.7 Å². The Morgan fingerprint density at radius 1 is 1.07 bits per heavy atom.